The topological polar surface area (TPSA) is 61.4 Å². The molecule has 1 aliphatic heterocycles. The number of benzene rings is 1. The Kier molecular flexibility index (Phi) is 8.36. The van der Waals surface area contributed by atoms with E-state index in [4.69, 9.17) is 0 Å². The molecule has 0 radical (unpaired) electrons. The maximum atomic E-state index is 12.0. The first kappa shape index (κ1) is 20.4. The summed E-state index contributed by atoms with van der Waals surface area (Å²) in [6.45, 7) is 2.65. The highest BCUT2D eigenvalue weighted by Gasteiger charge is 2.24. The van der Waals surface area contributed by atoms with Gasteiger partial charge in [-0.2, -0.15) is 0 Å². The van der Waals surface area contributed by atoms with Gasteiger partial charge in [0.25, 0.3) is 0 Å². The van der Waals surface area contributed by atoms with Gasteiger partial charge < -0.3 is 0 Å². The summed E-state index contributed by atoms with van der Waals surface area (Å²) in [6, 6.07) is 11.4. The van der Waals surface area contributed by atoms with Gasteiger partial charge in [0.05, 0.1) is 5.75 Å². The quantitative estimate of drug-likeness (QED) is 0.590. The number of hydrazine groups is 1. The van der Waals surface area contributed by atoms with Crippen molar-refractivity contribution < 1.29 is 8.42 Å². The summed E-state index contributed by atoms with van der Waals surface area (Å²) in [5.74, 6) is 0.276. The largest absolute Gasteiger partial charge is 0.254 e. The van der Waals surface area contributed by atoms with Gasteiger partial charge in [0.2, 0.25) is 10.0 Å². The summed E-state index contributed by atoms with van der Waals surface area (Å²) >= 11 is 0. The molecule has 25 heavy (non-hydrogen) atoms. The minimum atomic E-state index is -3.05. The molecule has 2 N–H and O–H groups in total. The van der Waals surface area contributed by atoms with Crippen LogP contribution in [0.5, 0.6) is 0 Å². The average molecular weight is 368 g/mol. The average Bonchev–Trinajstić information content (AvgIpc) is 3.09. The van der Waals surface area contributed by atoms with Gasteiger partial charge in [-0.1, -0.05) is 56.5 Å². The monoisotopic (exact) mass is 367 g/mol. The predicted molar refractivity (Wildman–Crippen MR) is 104 cm³/mol. The molecule has 0 aliphatic carbocycles. The van der Waals surface area contributed by atoms with E-state index in [-0.39, 0.29) is 5.75 Å². The second kappa shape index (κ2) is 10.3. The molecule has 1 aromatic rings. The van der Waals surface area contributed by atoms with Crippen molar-refractivity contribution in [3.63, 3.8) is 0 Å². The first-order valence-corrected chi connectivity index (χ1v) is 11.1. The van der Waals surface area contributed by atoms with Crippen molar-refractivity contribution in [1.82, 2.24) is 15.2 Å². The van der Waals surface area contributed by atoms with E-state index >= 15 is 0 Å². The van der Waals surface area contributed by atoms with Gasteiger partial charge in [-0.05, 0) is 31.2 Å². The molecule has 5 nitrogen and oxygen atoms in total. The number of hydrogen-bond donors (Lipinski definition) is 2. The van der Waals surface area contributed by atoms with Gasteiger partial charge in [0.1, 0.15) is 0 Å². The van der Waals surface area contributed by atoms with E-state index in [1.807, 2.05) is 13.0 Å². The Morgan fingerprint density at radius 3 is 2.56 bits per heavy atom. The third kappa shape index (κ3) is 6.70. The zero-order valence-corrected chi connectivity index (χ0v) is 16.4. The third-order valence-corrected chi connectivity index (χ3v) is 6.88. The summed E-state index contributed by atoms with van der Waals surface area (Å²) in [5.41, 5.74) is 8.11. The van der Waals surface area contributed by atoms with Crippen LogP contribution in [0.3, 0.4) is 0 Å². The fraction of sp³-hybridized carbons (Fsp3) is 0.684. The van der Waals surface area contributed by atoms with Crippen LogP contribution in [0, 0.1) is 0 Å². The molecular formula is C19H33N3O2S. The highest BCUT2D eigenvalue weighted by molar-refractivity contribution is 7.89. The standard InChI is InChI=1S/C19H33N3O2S/c1-3-4-15-25(23,24)22(2)14-10-6-9-13-18-16-19(21-20-18)17-11-7-5-8-12-17/h5,7-8,11-12,18-21H,3-4,6,9-10,13-16H2,1-2H3. The van der Waals surface area contributed by atoms with E-state index in [1.165, 1.54) is 9.87 Å². The smallest absolute Gasteiger partial charge is 0.213 e. The van der Waals surface area contributed by atoms with Gasteiger partial charge in [-0.15, -0.1) is 0 Å². The minimum Gasteiger partial charge on any atom is -0.254 e. The van der Waals surface area contributed by atoms with Crippen LogP contribution in [0.15, 0.2) is 30.3 Å². The molecule has 1 aromatic carbocycles. The van der Waals surface area contributed by atoms with E-state index in [0.29, 0.717) is 18.6 Å². The summed E-state index contributed by atoms with van der Waals surface area (Å²) in [5, 5.41) is 0. The van der Waals surface area contributed by atoms with E-state index in [9.17, 15) is 8.42 Å². The maximum absolute atomic E-state index is 12.0. The van der Waals surface area contributed by atoms with Crippen molar-refractivity contribution in [1.29, 1.82) is 0 Å². The van der Waals surface area contributed by atoms with Crippen LogP contribution >= 0.6 is 0 Å². The normalized spacial score (nSPS) is 21.1. The zero-order chi connectivity index (χ0) is 18.1. The summed E-state index contributed by atoms with van der Waals surface area (Å²) in [4.78, 5) is 0. The highest BCUT2D eigenvalue weighted by Crippen LogP contribution is 2.24. The first-order valence-electron chi connectivity index (χ1n) is 9.53. The number of nitrogens with one attached hydrogen (secondary N) is 2. The lowest BCUT2D eigenvalue weighted by molar-refractivity contribution is 0.437. The van der Waals surface area contributed by atoms with E-state index in [0.717, 1.165) is 44.9 Å². The minimum absolute atomic E-state index is 0.276. The van der Waals surface area contributed by atoms with E-state index in [2.05, 4.69) is 35.1 Å². The molecule has 0 amide bonds. The Bertz CT molecular complexity index is 592. The van der Waals surface area contributed by atoms with Crippen LogP contribution in [0.2, 0.25) is 0 Å². The molecule has 1 fully saturated rings. The molecule has 0 saturated carbocycles. The molecule has 0 bridgehead atoms. The van der Waals surface area contributed by atoms with Crippen molar-refractivity contribution >= 4 is 10.0 Å². The number of unbranched alkanes of at least 4 members (excludes halogenated alkanes) is 3. The van der Waals surface area contributed by atoms with Crippen LogP contribution < -0.4 is 10.9 Å². The van der Waals surface area contributed by atoms with Gasteiger partial charge in [-0.25, -0.2) is 12.7 Å². The molecule has 0 spiro atoms. The predicted octanol–water partition coefficient (Wildman–Crippen LogP) is 3.22. The van der Waals surface area contributed by atoms with Crippen molar-refractivity contribution in [3.05, 3.63) is 35.9 Å². The van der Waals surface area contributed by atoms with Crippen LogP contribution in [0.25, 0.3) is 0 Å². The van der Waals surface area contributed by atoms with Crippen LogP contribution in [0.1, 0.15) is 63.5 Å². The van der Waals surface area contributed by atoms with Crippen LogP contribution in [0.4, 0.5) is 0 Å². The first-order chi connectivity index (χ1) is 12.0. The Balaban J connectivity index is 1.59. The highest BCUT2D eigenvalue weighted by atomic mass is 32.2. The number of sulfonamides is 1. The Morgan fingerprint density at radius 1 is 1.08 bits per heavy atom. The van der Waals surface area contributed by atoms with Gasteiger partial charge in [0.15, 0.2) is 0 Å². The lowest BCUT2D eigenvalue weighted by Gasteiger charge is -2.17. The van der Waals surface area contributed by atoms with E-state index < -0.39 is 10.0 Å². The van der Waals surface area contributed by atoms with Gasteiger partial charge >= 0.3 is 0 Å². The number of nitrogens with zero attached hydrogens (tertiary/aromatic N) is 1. The molecular weight excluding hydrogens is 334 g/mol. The van der Waals surface area contributed by atoms with Crippen molar-refractivity contribution in [2.75, 3.05) is 19.3 Å². The van der Waals surface area contributed by atoms with E-state index in [1.54, 1.807) is 7.05 Å². The summed E-state index contributed by atoms with van der Waals surface area (Å²) < 4.78 is 25.6. The molecule has 2 atom stereocenters. The third-order valence-electron chi connectivity index (χ3n) is 4.94. The second-order valence-electron chi connectivity index (χ2n) is 7.03. The lowest BCUT2D eigenvalue weighted by Crippen LogP contribution is -2.31. The molecule has 6 heteroatoms. The Hall–Kier alpha value is -0.950. The van der Waals surface area contributed by atoms with Crippen molar-refractivity contribution in [3.8, 4) is 0 Å². The fourth-order valence-corrected chi connectivity index (χ4v) is 4.61. The number of rotatable bonds is 11. The maximum Gasteiger partial charge on any atom is 0.213 e. The second-order valence-corrected chi connectivity index (χ2v) is 9.22. The van der Waals surface area contributed by atoms with Crippen LogP contribution in [-0.4, -0.2) is 38.1 Å². The van der Waals surface area contributed by atoms with Gasteiger partial charge in [0, 0.05) is 25.7 Å². The molecule has 2 rings (SSSR count). The molecule has 1 saturated heterocycles. The SMILES string of the molecule is CCCCS(=O)(=O)N(C)CCCCCC1CC(c2ccccc2)NN1. The molecule has 2 unspecified atom stereocenters. The van der Waals surface area contributed by atoms with Crippen LogP contribution in [-0.2, 0) is 10.0 Å². The Morgan fingerprint density at radius 2 is 1.84 bits per heavy atom. The molecule has 1 aliphatic rings. The Labute approximate surface area is 153 Å². The van der Waals surface area contributed by atoms with Crippen molar-refractivity contribution in [2.45, 2.75) is 64.0 Å². The number of hydrogen-bond acceptors (Lipinski definition) is 4. The van der Waals surface area contributed by atoms with Gasteiger partial charge in [-0.3, -0.25) is 10.9 Å². The fourth-order valence-electron chi connectivity index (χ4n) is 3.24. The lowest BCUT2D eigenvalue weighted by atomic mass is 9.99. The van der Waals surface area contributed by atoms with Crippen molar-refractivity contribution in [2.24, 2.45) is 0 Å². The summed E-state index contributed by atoms with van der Waals surface area (Å²) in [7, 11) is -1.35. The molecule has 0 aromatic heterocycles. The molecule has 142 valence electrons. The summed E-state index contributed by atoms with van der Waals surface area (Å²) in [6.07, 6.45) is 7.03. The zero-order valence-electron chi connectivity index (χ0n) is 15.6. The molecule has 1 heterocycles.